The van der Waals surface area contributed by atoms with E-state index in [1.165, 1.54) is 23.1 Å². The van der Waals surface area contributed by atoms with Crippen LogP contribution in [0.1, 0.15) is 56.7 Å². The van der Waals surface area contributed by atoms with E-state index >= 15 is 0 Å². The van der Waals surface area contributed by atoms with Gasteiger partial charge >= 0.3 is 0 Å². The number of hydrogen-bond acceptors (Lipinski definition) is 5. The van der Waals surface area contributed by atoms with Crippen LogP contribution in [-0.2, 0) is 21.3 Å². The lowest BCUT2D eigenvalue weighted by Crippen LogP contribution is -2.44. The van der Waals surface area contributed by atoms with Crippen molar-refractivity contribution in [3.8, 4) is 0 Å². The van der Waals surface area contributed by atoms with Crippen molar-refractivity contribution in [1.82, 2.24) is 9.55 Å². The third-order valence-corrected chi connectivity index (χ3v) is 8.23. The van der Waals surface area contributed by atoms with Crippen LogP contribution in [0.4, 0.5) is 5.69 Å². The number of pyridine rings is 1. The molecule has 6 nitrogen and oxygen atoms in total. The zero-order valence-electron chi connectivity index (χ0n) is 19.7. The lowest BCUT2D eigenvalue weighted by molar-refractivity contribution is -0.147. The molecule has 2 aliphatic carbocycles. The fourth-order valence-corrected chi connectivity index (χ4v) is 6.37. The number of fused-ring (bicyclic) bond motifs is 4. The smallest absolute Gasteiger partial charge is 0.164 e. The van der Waals surface area contributed by atoms with Crippen molar-refractivity contribution >= 4 is 22.6 Å². The Morgan fingerprint density at radius 1 is 1.12 bits per heavy atom. The SMILES string of the molecule is CC1(C)O[C@@H]2[C@H](O1)C(CCc1ccc3c(c1)N=C(N)C31CCC1)=C[C@H]2n1ccc2cccnc21. The number of ether oxygens (including phenoxy) is 2. The number of nitrogens with zero attached hydrogens (tertiary/aromatic N) is 3. The molecule has 2 fully saturated rings. The molecule has 34 heavy (non-hydrogen) atoms. The fourth-order valence-electron chi connectivity index (χ4n) is 6.37. The van der Waals surface area contributed by atoms with Gasteiger partial charge in [-0.3, -0.25) is 0 Å². The Morgan fingerprint density at radius 3 is 2.82 bits per heavy atom. The summed E-state index contributed by atoms with van der Waals surface area (Å²) in [7, 11) is 0. The maximum atomic E-state index is 6.40. The van der Waals surface area contributed by atoms with Crippen molar-refractivity contribution in [2.24, 2.45) is 10.7 Å². The van der Waals surface area contributed by atoms with Gasteiger partial charge in [-0.1, -0.05) is 24.6 Å². The second-order valence-electron chi connectivity index (χ2n) is 10.7. The van der Waals surface area contributed by atoms with Gasteiger partial charge in [0.1, 0.15) is 23.7 Å². The molecule has 7 rings (SSSR count). The van der Waals surface area contributed by atoms with Gasteiger partial charge < -0.3 is 19.8 Å². The molecule has 2 N–H and O–H groups in total. The average molecular weight is 455 g/mol. The molecular weight excluding hydrogens is 424 g/mol. The number of aryl methyl sites for hydroxylation is 1. The molecule has 6 heteroatoms. The highest BCUT2D eigenvalue weighted by Crippen LogP contribution is 2.52. The maximum Gasteiger partial charge on any atom is 0.164 e. The van der Waals surface area contributed by atoms with Crippen LogP contribution in [0, 0.1) is 0 Å². The number of aliphatic imine (C=N–C) groups is 1. The fraction of sp³-hybridized carbons (Fsp3) is 0.429. The van der Waals surface area contributed by atoms with Gasteiger partial charge in [0.05, 0.1) is 17.1 Å². The van der Waals surface area contributed by atoms with Crippen LogP contribution in [0.25, 0.3) is 11.0 Å². The number of rotatable bonds is 4. The summed E-state index contributed by atoms with van der Waals surface area (Å²) in [5.41, 5.74) is 12.3. The molecule has 1 spiro atoms. The highest BCUT2D eigenvalue weighted by Gasteiger charge is 2.50. The summed E-state index contributed by atoms with van der Waals surface area (Å²) in [6.07, 6.45) is 11.6. The van der Waals surface area contributed by atoms with E-state index in [1.807, 2.05) is 26.1 Å². The van der Waals surface area contributed by atoms with Gasteiger partial charge in [0.2, 0.25) is 0 Å². The van der Waals surface area contributed by atoms with Crippen LogP contribution >= 0.6 is 0 Å². The molecule has 1 saturated carbocycles. The normalized spacial score (nSPS) is 28.0. The summed E-state index contributed by atoms with van der Waals surface area (Å²) < 4.78 is 15.0. The molecule has 3 atom stereocenters. The largest absolute Gasteiger partial charge is 0.386 e. The van der Waals surface area contributed by atoms with Crippen LogP contribution in [-0.4, -0.2) is 33.4 Å². The first-order chi connectivity index (χ1) is 16.4. The second kappa shape index (κ2) is 7.03. The average Bonchev–Trinajstić information content (AvgIpc) is 3.49. The predicted octanol–water partition coefficient (Wildman–Crippen LogP) is 5.09. The predicted molar refractivity (Wildman–Crippen MR) is 132 cm³/mol. The molecule has 0 amide bonds. The quantitative estimate of drug-likeness (QED) is 0.557. The molecule has 4 aliphatic rings. The standard InChI is InChI=1S/C28H30N4O2/c1-27(2)33-23-19(16-22(24(23)34-27)32-14-10-18-5-3-13-30-25(18)32)8-6-17-7-9-20-21(15-17)31-26(29)28(20)11-4-12-28/h3,5,7,9-10,13-16,22-24H,4,6,8,11-12H2,1-2H3,(H2,29,31)/t22-,23-,24+/m1/s1. The number of hydrogen-bond donors (Lipinski definition) is 1. The summed E-state index contributed by atoms with van der Waals surface area (Å²) in [6, 6.07) is 13.0. The summed E-state index contributed by atoms with van der Waals surface area (Å²) in [4.78, 5) is 9.37. The van der Waals surface area contributed by atoms with Gasteiger partial charge in [-0.05, 0) is 80.5 Å². The molecule has 3 aromatic rings. The van der Waals surface area contributed by atoms with Crippen LogP contribution in [0.15, 0.2) is 65.4 Å². The lowest BCUT2D eigenvalue weighted by atomic mass is 9.64. The van der Waals surface area contributed by atoms with Gasteiger partial charge in [-0.15, -0.1) is 0 Å². The molecule has 0 unspecified atom stereocenters. The van der Waals surface area contributed by atoms with E-state index in [2.05, 4.69) is 52.2 Å². The number of aromatic nitrogens is 2. The van der Waals surface area contributed by atoms with Crippen molar-refractivity contribution in [3.63, 3.8) is 0 Å². The van der Waals surface area contributed by atoms with Crippen molar-refractivity contribution < 1.29 is 9.47 Å². The summed E-state index contributed by atoms with van der Waals surface area (Å²) >= 11 is 0. The van der Waals surface area contributed by atoms with E-state index in [-0.39, 0.29) is 23.7 Å². The molecule has 0 bridgehead atoms. The number of nitrogens with two attached hydrogens (primary N) is 1. The van der Waals surface area contributed by atoms with Gasteiger partial charge in [-0.2, -0.15) is 0 Å². The van der Waals surface area contributed by atoms with E-state index in [0.29, 0.717) is 0 Å². The van der Waals surface area contributed by atoms with Crippen LogP contribution < -0.4 is 5.73 Å². The second-order valence-corrected chi connectivity index (χ2v) is 10.7. The van der Waals surface area contributed by atoms with Crippen LogP contribution in [0.2, 0.25) is 0 Å². The minimum absolute atomic E-state index is 0.0243. The zero-order chi connectivity index (χ0) is 23.1. The Balaban J connectivity index is 1.17. The highest BCUT2D eigenvalue weighted by atomic mass is 16.8. The molecular formula is C28H30N4O2. The Morgan fingerprint density at radius 2 is 2.00 bits per heavy atom. The van der Waals surface area contributed by atoms with Crippen molar-refractivity contribution in [2.75, 3.05) is 0 Å². The minimum atomic E-state index is -0.597. The molecule has 2 aliphatic heterocycles. The van der Waals surface area contributed by atoms with Crippen molar-refractivity contribution in [1.29, 1.82) is 0 Å². The van der Waals surface area contributed by atoms with E-state index in [4.69, 9.17) is 20.2 Å². The first-order valence-corrected chi connectivity index (χ1v) is 12.4. The molecule has 4 heterocycles. The minimum Gasteiger partial charge on any atom is -0.386 e. The summed E-state index contributed by atoms with van der Waals surface area (Å²) in [5.74, 6) is 0.210. The lowest BCUT2D eigenvalue weighted by Gasteiger charge is -2.38. The Bertz CT molecular complexity index is 1360. The molecule has 2 aromatic heterocycles. The molecule has 174 valence electrons. The van der Waals surface area contributed by atoms with E-state index in [1.54, 1.807) is 0 Å². The van der Waals surface area contributed by atoms with Crippen molar-refractivity contribution in [2.45, 2.75) is 75.4 Å². The first kappa shape index (κ1) is 20.4. The van der Waals surface area contributed by atoms with E-state index in [9.17, 15) is 0 Å². The zero-order valence-corrected chi connectivity index (χ0v) is 19.7. The van der Waals surface area contributed by atoms with Crippen molar-refractivity contribution in [3.05, 3.63) is 71.6 Å². The van der Waals surface area contributed by atoms with Gasteiger partial charge in [-0.25, -0.2) is 9.98 Å². The van der Waals surface area contributed by atoms with Crippen LogP contribution in [0.5, 0.6) is 0 Å². The topological polar surface area (TPSA) is 74.7 Å². The van der Waals surface area contributed by atoms with E-state index < -0.39 is 5.79 Å². The van der Waals surface area contributed by atoms with Gasteiger partial charge in [0.15, 0.2) is 5.79 Å². The monoisotopic (exact) mass is 454 g/mol. The van der Waals surface area contributed by atoms with E-state index in [0.717, 1.165) is 48.2 Å². The first-order valence-electron chi connectivity index (χ1n) is 12.4. The molecule has 1 aromatic carbocycles. The Kier molecular flexibility index (Phi) is 4.22. The van der Waals surface area contributed by atoms with Gasteiger partial charge in [0, 0.05) is 17.8 Å². The highest BCUT2D eigenvalue weighted by molar-refractivity contribution is 6.00. The van der Waals surface area contributed by atoms with Crippen LogP contribution in [0.3, 0.4) is 0 Å². The summed E-state index contributed by atoms with van der Waals surface area (Å²) in [5, 5.41) is 1.14. The number of amidine groups is 1. The number of benzene rings is 1. The summed E-state index contributed by atoms with van der Waals surface area (Å²) in [6.45, 7) is 4.01. The third-order valence-electron chi connectivity index (χ3n) is 8.23. The Labute approximate surface area is 199 Å². The maximum absolute atomic E-state index is 6.40. The van der Waals surface area contributed by atoms with Gasteiger partial charge in [0.25, 0.3) is 0 Å². The molecule has 1 saturated heterocycles. The third kappa shape index (κ3) is 2.88. The Hall–Kier alpha value is -2.96. The molecule has 0 radical (unpaired) electrons.